The molecule has 2 heterocycles. The molecule has 1 saturated heterocycles. The molecule has 0 N–H and O–H groups in total. The number of hydrogen-bond acceptors (Lipinski definition) is 5. The number of carbonyl (C=O) groups excluding carboxylic acids is 2. The Labute approximate surface area is 132 Å². The van der Waals surface area contributed by atoms with Gasteiger partial charge in [-0.3, -0.25) is 4.79 Å². The van der Waals surface area contributed by atoms with Gasteiger partial charge in [0.25, 0.3) is 0 Å². The van der Waals surface area contributed by atoms with Gasteiger partial charge in [-0.2, -0.15) is 0 Å². The molecule has 1 aromatic rings. The molecular formula is C13H15Cl2N3O3. The second kappa shape index (κ2) is 5.77. The number of ether oxygens (including phenoxy) is 1. The van der Waals surface area contributed by atoms with E-state index >= 15 is 0 Å². The maximum atomic E-state index is 11.8. The van der Waals surface area contributed by atoms with Gasteiger partial charge in [0.05, 0.1) is 11.5 Å². The molecule has 2 rings (SSSR count). The first-order valence-corrected chi connectivity index (χ1v) is 7.13. The van der Waals surface area contributed by atoms with Crippen molar-refractivity contribution in [2.24, 2.45) is 0 Å². The van der Waals surface area contributed by atoms with E-state index in [2.05, 4.69) is 9.97 Å². The Morgan fingerprint density at radius 2 is 1.81 bits per heavy atom. The second-order valence-corrected chi connectivity index (χ2v) is 6.49. The molecule has 0 aliphatic carbocycles. The Hall–Kier alpha value is -1.40. The number of aromatic nitrogens is 2. The molecule has 1 amide bonds. The smallest absolute Gasteiger partial charge is 0.410 e. The maximum absolute atomic E-state index is 11.8. The van der Waals surface area contributed by atoms with Crippen molar-refractivity contribution >= 4 is 35.6 Å². The molecule has 0 unspecified atom stereocenters. The minimum absolute atomic E-state index is 0.0238. The van der Waals surface area contributed by atoms with Crippen LogP contribution in [0.2, 0.25) is 10.3 Å². The summed E-state index contributed by atoms with van der Waals surface area (Å²) in [6.07, 6.45) is 0.142. The second-order valence-electron chi connectivity index (χ2n) is 5.78. The van der Waals surface area contributed by atoms with Crippen LogP contribution in [0.25, 0.3) is 0 Å². The van der Waals surface area contributed by atoms with Crippen molar-refractivity contribution in [3.8, 4) is 0 Å². The van der Waals surface area contributed by atoms with Gasteiger partial charge in [0, 0.05) is 13.1 Å². The lowest BCUT2D eigenvalue weighted by molar-refractivity contribution is 0.00752. The number of likely N-dealkylation sites (tertiary alicyclic amines) is 1. The van der Waals surface area contributed by atoms with Crippen LogP contribution in [-0.2, 0) is 4.74 Å². The lowest BCUT2D eigenvalue weighted by atomic mass is 10.00. The zero-order chi connectivity index (χ0) is 15.8. The first-order valence-electron chi connectivity index (χ1n) is 6.37. The van der Waals surface area contributed by atoms with Crippen molar-refractivity contribution in [2.75, 3.05) is 13.1 Å². The molecule has 0 bridgehead atoms. The Morgan fingerprint density at radius 3 is 2.24 bits per heavy atom. The molecule has 1 aromatic heterocycles. The monoisotopic (exact) mass is 331 g/mol. The van der Waals surface area contributed by atoms with Gasteiger partial charge in [0.15, 0.2) is 6.29 Å². The predicted octanol–water partition coefficient (Wildman–Crippen LogP) is 2.93. The van der Waals surface area contributed by atoms with Crippen LogP contribution in [0.3, 0.4) is 0 Å². The summed E-state index contributed by atoms with van der Waals surface area (Å²) in [5.74, 6) is 0.364. The number of aldehydes is 1. The van der Waals surface area contributed by atoms with E-state index in [0.29, 0.717) is 25.2 Å². The van der Waals surface area contributed by atoms with Crippen LogP contribution >= 0.6 is 23.2 Å². The quantitative estimate of drug-likeness (QED) is 0.615. The minimum atomic E-state index is -0.531. The van der Waals surface area contributed by atoms with E-state index in [1.165, 1.54) is 0 Å². The number of rotatable bonds is 2. The number of halogens is 2. The summed E-state index contributed by atoms with van der Waals surface area (Å²) in [6.45, 7) is 6.29. The van der Waals surface area contributed by atoms with Gasteiger partial charge < -0.3 is 9.64 Å². The summed E-state index contributed by atoms with van der Waals surface area (Å²) in [6, 6.07) is 0. The highest BCUT2D eigenvalue weighted by Crippen LogP contribution is 2.29. The van der Waals surface area contributed by atoms with Gasteiger partial charge in [-0.05, 0) is 20.8 Å². The molecule has 0 aromatic carbocycles. The summed E-state index contributed by atoms with van der Waals surface area (Å²) >= 11 is 11.7. The van der Waals surface area contributed by atoms with Crippen LogP contribution in [0.15, 0.2) is 0 Å². The summed E-state index contributed by atoms with van der Waals surface area (Å²) in [5.41, 5.74) is -0.456. The molecule has 21 heavy (non-hydrogen) atoms. The Kier molecular flexibility index (Phi) is 4.39. The maximum Gasteiger partial charge on any atom is 0.410 e. The normalized spacial score (nSPS) is 15.6. The molecule has 1 aliphatic rings. The molecule has 1 fully saturated rings. The summed E-state index contributed by atoms with van der Waals surface area (Å²) in [4.78, 5) is 32.2. The van der Waals surface area contributed by atoms with Gasteiger partial charge >= 0.3 is 6.09 Å². The number of amides is 1. The zero-order valence-corrected chi connectivity index (χ0v) is 13.4. The third-order valence-corrected chi connectivity index (χ3v) is 3.46. The van der Waals surface area contributed by atoms with Crippen LogP contribution in [0.4, 0.5) is 4.79 Å². The zero-order valence-electron chi connectivity index (χ0n) is 11.9. The molecule has 0 radical (unpaired) electrons. The van der Waals surface area contributed by atoms with Gasteiger partial charge in [0.2, 0.25) is 0 Å². The van der Waals surface area contributed by atoms with E-state index in [4.69, 9.17) is 27.9 Å². The molecule has 0 spiro atoms. The van der Waals surface area contributed by atoms with E-state index in [-0.39, 0.29) is 27.9 Å². The Balaban J connectivity index is 2.02. The van der Waals surface area contributed by atoms with E-state index in [1.54, 1.807) is 4.90 Å². The molecule has 1 aliphatic heterocycles. The Bertz CT molecular complexity index is 558. The van der Waals surface area contributed by atoms with Crippen molar-refractivity contribution < 1.29 is 14.3 Å². The Morgan fingerprint density at radius 1 is 1.29 bits per heavy atom. The number of nitrogens with zero attached hydrogens (tertiary/aromatic N) is 3. The number of carbonyl (C=O) groups is 2. The molecule has 6 nitrogen and oxygen atoms in total. The SMILES string of the molecule is CC(C)(C)OC(=O)N1CC(c2nc(Cl)c(C=O)c(Cl)n2)C1. The lowest BCUT2D eigenvalue weighted by Crippen LogP contribution is -2.50. The van der Waals surface area contributed by atoms with E-state index in [1.807, 2.05) is 20.8 Å². The molecule has 0 saturated carbocycles. The van der Waals surface area contributed by atoms with Crippen LogP contribution in [0.5, 0.6) is 0 Å². The molecule has 8 heteroatoms. The fraction of sp³-hybridized carbons (Fsp3) is 0.538. The van der Waals surface area contributed by atoms with Crippen LogP contribution in [-0.4, -0.2) is 45.9 Å². The fourth-order valence-electron chi connectivity index (χ4n) is 1.83. The molecule has 0 atom stereocenters. The standard InChI is InChI=1S/C13H15Cl2N3O3/c1-13(2,3)21-12(20)18-4-7(5-18)11-16-9(14)8(6-19)10(15)17-11/h6-7H,4-5H2,1-3H3. The summed E-state index contributed by atoms with van der Waals surface area (Å²) in [5, 5.41) is 0.0476. The predicted molar refractivity (Wildman–Crippen MR) is 78.0 cm³/mol. The van der Waals surface area contributed by atoms with Gasteiger partial charge in [0.1, 0.15) is 21.7 Å². The fourth-order valence-corrected chi connectivity index (χ4v) is 2.32. The van der Waals surface area contributed by atoms with Crippen molar-refractivity contribution in [3.05, 3.63) is 21.7 Å². The van der Waals surface area contributed by atoms with Crippen LogP contribution in [0.1, 0.15) is 42.9 Å². The topological polar surface area (TPSA) is 72.4 Å². The van der Waals surface area contributed by atoms with E-state index < -0.39 is 5.60 Å². The van der Waals surface area contributed by atoms with Crippen LogP contribution in [0, 0.1) is 0 Å². The first-order chi connectivity index (χ1) is 9.71. The van der Waals surface area contributed by atoms with Crippen molar-refractivity contribution in [1.82, 2.24) is 14.9 Å². The van der Waals surface area contributed by atoms with Gasteiger partial charge in [-0.1, -0.05) is 23.2 Å². The summed E-state index contributed by atoms with van der Waals surface area (Å²) in [7, 11) is 0. The first kappa shape index (κ1) is 16.0. The third-order valence-electron chi connectivity index (χ3n) is 2.89. The highest BCUT2D eigenvalue weighted by atomic mass is 35.5. The van der Waals surface area contributed by atoms with Crippen LogP contribution < -0.4 is 0 Å². The van der Waals surface area contributed by atoms with Crippen molar-refractivity contribution in [1.29, 1.82) is 0 Å². The molecule has 114 valence electrons. The highest BCUT2D eigenvalue weighted by molar-refractivity contribution is 6.36. The average Bonchev–Trinajstić information content (AvgIpc) is 2.23. The van der Waals surface area contributed by atoms with E-state index in [0.717, 1.165) is 0 Å². The highest BCUT2D eigenvalue weighted by Gasteiger charge is 2.36. The van der Waals surface area contributed by atoms with Gasteiger partial charge in [-0.25, -0.2) is 14.8 Å². The van der Waals surface area contributed by atoms with Crippen molar-refractivity contribution in [3.63, 3.8) is 0 Å². The minimum Gasteiger partial charge on any atom is -0.444 e. The third kappa shape index (κ3) is 3.63. The van der Waals surface area contributed by atoms with E-state index in [9.17, 15) is 9.59 Å². The largest absolute Gasteiger partial charge is 0.444 e. The number of hydrogen-bond donors (Lipinski definition) is 0. The molecular weight excluding hydrogens is 317 g/mol. The van der Waals surface area contributed by atoms with Gasteiger partial charge in [-0.15, -0.1) is 0 Å². The summed E-state index contributed by atoms with van der Waals surface area (Å²) < 4.78 is 5.26. The lowest BCUT2D eigenvalue weighted by Gasteiger charge is -2.38. The van der Waals surface area contributed by atoms with Crippen molar-refractivity contribution in [2.45, 2.75) is 32.3 Å². The average molecular weight is 332 g/mol.